The number of rotatable bonds is 53. The van der Waals surface area contributed by atoms with Crippen molar-refractivity contribution in [2.24, 2.45) is 0 Å². The highest BCUT2D eigenvalue weighted by atomic mass is 35.5. The molecule has 1 rings (SSSR count). The average Bonchev–Trinajstić information content (AvgIpc) is 3.46. The lowest BCUT2D eigenvalue weighted by Crippen LogP contribution is -2.56. The van der Waals surface area contributed by atoms with E-state index in [1.807, 2.05) is 18.7 Å². The lowest BCUT2D eigenvalue weighted by molar-refractivity contribution is -0.268. The van der Waals surface area contributed by atoms with Crippen LogP contribution in [0.5, 0.6) is 0 Å². The number of aliphatic hydroxyl groups is 7. The van der Waals surface area contributed by atoms with Crippen LogP contribution in [-0.4, -0.2) is 341 Å². The van der Waals surface area contributed by atoms with E-state index in [4.69, 9.17) is 107 Å². The van der Waals surface area contributed by atoms with E-state index in [0.717, 1.165) is 12.8 Å². The Morgan fingerprint density at radius 1 is 0.658 bits per heavy atom. The number of carbonyl (C=O) groups is 1. The number of carbonyl (C=O) groups excluding carboxylic acids is 1. The second kappa shape index (κ2) is 59.1. The summed E-state index contributed by atoms with van der Waals surface area (Å²) >= 11 is 16.8. The normalized spacial score (nSPS) is 18.8. The Balaban J connectivity index is 0. The summed E-state index contributed by atoms with van der Waals surface area (Å²) in [6, 6.07) is 0. The minimum absolute atomic E-state index is 0.00244. The first-order valence-corrected chi connectivity index (χ1v) is 28.5. The number of aliphatic hydroxyl groups excluding tert-OH is 7. The van der Waals surface area contributed by atoms with Crippen molar-refractivity contribution in [3.8, 4) is 0 Å². The number of hydrogen-bond acceptors (Lipinski definition) is 26. The minimum Gasteiger partial charge on any atom is -0.394 e. The Labute approximate surface area is 484 Å². The van der Waals surface area contributed by atoms with Gasteiger partial charge in [0.25, 0.3) is 0 Å². The Morgan fingerprint density at radius 3 is 1.77 bits per heavy atom. The molecular weight excluding hydrogens is 1110 g/mol. The maximum Gasteiger partial charge on any atom is 0.234 e. The van der Waals surface area contributed by atoms with E-state index in [0.29, 0.717) is 112 Å². The summed E-state index contributed by atoms with van der Waals surface area (Å²) in [6.07, 6.45) is -2.51. The predicted octanol–water partition coefficient (Wildman–Crippen LogP) is -2.89. The highest BCUT2D eigenvalue weighted by molar-refractivity contribution is 6.18. The van der Waals surface area contributed by atoms with E-state index in [1.165, 1.54) is 0 Å². The van der Waals surface area contributed by atoms with Gasteiger partial charge in [-0.05, 0) is 19.8 Å². The van der Waals surface area contributed by atoms with Crippen LogP contribution in [0.25, 0.3) is 0 Å². The number of halogens is 3. The second-order valence-corrected chi connectivity index (χ2v) is 18.9. The van der Waals surface area contributed by atoms with Crippen molar-refractivity contribution >= 4 is 40.7 Å². The molecule has 0 aromatic heterocycles. The van der Waals surface area contributed by atoms with Crippen molar-refractivity contribution in [2.45, 2.75) is 87.7 Å². The van der Waals surface area contributed by atoms with E-state index in [1.54, 1.807) is 26.2 Å². The fourth-order valence-electron chi connectivity index (χ4n) is 6.90. The third-order valence-electron chi connectivity index (χ3n) is 11.1. The number of nitrogens with zero attached hydrogens (tertiary/aromatic N) is 2. The molecule has 10 unspecified atom stereocenters. The molecule has 0 spiro atoms. The Morgan fingerprint density at radius 2 is 1.22 bits per heavy atom. The molecule has 0 radical (unpaired) electrons. The van der Waals surface area contributed by atoms with Crippen molar-refractivity contribution in [1.82, 2.24) is 31.1 Å². The molecule has 0 aliphatic carbocycles. The van der Waals surface area contributed by atoms with Crippen LogP contribution in [0.4, 0.5) is 0 Å². The summed E-state index contributed by atoms with van der Waals surface area (Å²) in [4.78, 5) is 20.1. The maximum absolute atomic E-state index is 12.1. The largest absolute Gasteiger partial charge is 0.394 e. The third-order valence-corrected chi connectivity index (χ3v) is 12.1. The van der Waals surface area contributed by atoms with Crippen LogP contribution < -0.4 is 21.3 Å². The zero-order valence-corrected chi connectivity index (χ0v) is 49.8. The summed E-state index contributed by atoms with van der Waals surface area (Å²) in [6.45, 7) is 13.1. The molecule has 1 aliphatic rings. The van der Waals surface area contributed by atoms with Gasteiger partial charge >= 0.3 is 0 Å². The minimum atomic E-state index is -0.676. The molecule has 0 aromatic rings. The van der Waals surface area contributed by atoms with Gasteiger partial charge in [0.2, 0.25) is 5.91 Å². The molecule has 79 heavy (non-hydrogen) atoms. The highest BCUT2D eigenvalue weighted by Crippen LogP contribution is 2.25. The standard InChI is InChI=1S/C20H43Cl3N6O6.C16H34O8.C13H26O7/c21-9-17(30)12-24-1-5-28(15-19(32)11-23)6-2-26-14-20(33)27-4-8-29(16-35-34)7-3-25-13-18(31)10-22;1-14(20-4)8-22-11-16(24-13-19-3)12-23-10-15(17)9-21-7-5-6-18-2;1-2-10-12(18-7-4-15)13(19-8-5-16)11(9-20-10)17-6-3-14/h17-19,24-26,30-32,34H,1-16H2,(H,27,33);14-17H,5-13H2,1-4H3;10-16H,2-9H2,1H3. The monoisotopic (exact) mass is 1220 g/mol. The summed E-state index contributed by atoms with van der Waals surface area (Å²) in [7, 11) is 4.83. The average molecular weight is 1220 g/mol. The van der Waals surface area contributed by atoms with E-state index < -0.39 is 24.4 Å². The molecule has 10 atom stereocenters. The topological polar surface area (TPSA) is 344 Å². The van der Waals surface area contributed by atoms with Crippen molar-refractivity contribution in [3.63, 3.8) is 0 Å². The zero-order valence-electron chi connectivity index (χ0n) is 47.5. The van der Waals surface area contributed by atoms with Gasteiger partial charge in [-0.1, -0.05) is 6.92 Å². The van der Waals surface area contributed by atoms with E-state index in [-0.39, 0.29) is 133 Å². The number of nitrogens with one attached hydrogen (secondary N) is 4. The highest BCUT2D eigenvalue weighted by Gasteiger charge is 2.42. The van der Waals surface area contributed by atoms with Crippen molar-refractivity contribution in [1.29, 1.82) is 0 Å². The molecule has 0 aromatic carbocycles. The SMILES string of the molecule is CCC1OCC(OCCO)C(OCCO)C1OCCO.COCCCOCC(O)COCC(COCC(C)OC)OCOC.O=C(CNCCN(CCNCC(O)CCl)CC(O)CCl)NCCN(CCNCC(O)CCl)COO. The van der Waals surface area contributed by atoms with Crippen LogP contribution in [0.3, 0.4) is 0 Å². The molecule has 27 nitrogen and oxygen atoms in total. The van der Waals surface area contributed by atoms with Gasteiger partial charge in [-0.3, -0.25) is 19.9 Å². The van der Waals surface area contributed by atoms with Gasteiger partial charge in [0.05, 0.1) is 116 Å². The van der Waals surface area contributed by atoms with Crippen LogP contribution in [0, 0.1) is 0 Å². The van der Waals surface area contributed by atoms with Gasteiger partial charge < -0.3 is 109 Å². The van der Waals surface area contributed by atoms with Crippen LogP contribution >= 0.6 is 34.8 Å². The van der Waals surface area contributed by atoms with Gasteiger partial charge in [-0.2, -0.15) is 0 Å². The molecule has 0 saturated carbocycles. The lowest BCUT2D eigenvalue weighted by atomic mass is 9.97. The molecule has 1 fully saturated rings. The quantitative estimate of drug-likeness (QED) is 0.00956. The molecule has 1 amide bonds. The van der Waals surface area contributed by atoms with Gasteiger partial charge in [0.15, 0.2) is 0 Å². The summed E-state index contributed by atoms with van der Waals surface area (Å²) < 4.78 is 59.2. The molecule has 12 N–H and O–H groups in total. The van der Waals surface area contributed by atoms with Crippen LogP contribution in [-0.2, 0) is 61.8 Å². The van der Waals surface area contributed by atoms with Gasteiger partial charge in [-0.25, -0.2) is 4.89 Å². The smallest absolute Gasteiger partial charge is 0.234 e. The van der Waals surface area contributed by atoms with Crippen LogP contribution in [0.15, 0.2) is 0 Å². The molecule has 476 valence electrons. The van der Waals surface area contributed by atoms with Crippen molar-refractivity contribution < 1.29 is 103 Å². The third kappa shape index (κ3) is 48.3. The maximum atomic E-state index is 12.1. The first kappa shape index (κ1) is 80.4. The van der Waals surface area contributed by atoms with Crippen LogP contribution in [0.1, 0.15) is 26.7 Å². The predicted molar refractivity (Wildman–Crippen MR) is 297 cm³/mol. The van der Waals surface area contributed by atoms with E-state index in [9.17, 15) is 25.2 Å². The fraction of sp³-hybridized carbons (Fsp3) is 0.980. The lowest BCUT2D eigenvalue weighted by Gasteiger charge is -2.41. The summed E-state index contributed by atoms with van der Waals surface area (Å²) in [5.41, 5.74) is 0. The Kier molecular flexibility index (Phi) is 60.1. The number of methoxy groups -OCH3 is 3. The Bertz CT molecular complexity index is 1290. The van der Waals surface area contributed by atoms with Crippen molar-refractivity contribution in [2.75, 3.05) is 224 Å². The van der Waals surface area contributed by atoms with Gasteiger partial charge in [0, 0.05) is 124 Å². The molecule has 0 bridgehead atoms. The van der Waals surface area contributed by atoms with E-state index >= 15 is 0 Å². The summed E-state index contributed by atoms with van der Waals surface area (Å²) in [5, 5.41) is 86.0. The number of hydrogen-bond donors (Lipinski definition) is 12. The molecule has 1 heterocycles. The van der Waals surface area contributed by atoms with Gasteiger partial charge in [0.1, 0.15) is 44.0 Å². The molecule has 30 heteroatoms. The number of amides is 1. The second-order valence-electron chi connectivity index (χ2n) is 18.0. The Hall–Kier alpha value is -0.660. The van der Waals surface area contributed by atoms with Crippen molar-refractivity contribution in [3.05, 3.63) is 0 Å². The van der Waals surface area contributed by atoms with Crippen LogP contribution in [0.2, 0.25) is 0 Å². The first-order valence-electron chi connectivity index (χ1n) is 26.9. The molecular formula is C49H103Cl3N6O21. The first-order chi connectivity index (χ1) is 38.3. The fourth-order valence-corrected chi connectivity index (χ4v) is 7.22. The molecule has 1 aliphatic heterocycles. The van der Waals surface area contributed by atoms with E-state index in [2.05, 4.69) is 26.2 Å². The number of alkyl halides is 3. The zero-order chi connectivity index (χ0) is 59.2. The summed E-state index contributed by atoms with van der Waals surface area (Å²) in [5.74, 6) is 0.288. The molecule has 1 saturated heterocycles. The number of ether oxygens (including phenoxy) is 11. The van der Waals surface area contributed by atoms with Gasteiger partial charge in [-0.15, -0.1) is 34.8 Å².